The summed E-state index contributed by atoms with van der Waals surface area (Å²) in [6.45, 7) is 7.55. The number of aryl methyl sites for hydroxylation is 2. The summed E-state index contributed by atoms with van der Waals surface area (Å²) in [6.07, 6.45) is -0.598. The van der Waals surface area contributed by atoms with Gasteiger partial charge in [-0.25, -0.2) is 0 Å². The van der Waals surface area contributed by atoms with Crippen LogP contribution in [0, 0.1) is 20.8 Å². The van der Waals surface area contributed by atoms with Crippen LogP contribution >= 0.6 is 11.6 Å². The van der Waals surface area contributed by atoms with Crippen molar-refractivity contribution >= 4 is 23.2 Å². The highest BCUT2D eigenvalue weighted by Gasteiger charge is 2.17. The zero-order valence-corrected chi connectivity index (χ0v) is 14.0. The Balaban J connectivity index is 2.09. The average molecular weight is 318 g/mol. The van der Waals surface area contributed by atoms with Crippen LogP contribution in [-0.2, 0) is 4.79 Å². The number of carbonyl (C=O) groups is 1. The minimum Gasteiger partial charge on any atom is -0.481 e. The van der Waals surface area contributed by atoms with E-state index in [0.29, 0.717) is 10.7 Å². The van der Waals surface area contributed by atoms with Crippen molar-refractivity contribution < 1.29 is 9.53 Å². The second kappa shape index (κ2) is 6.84. The average Bonchev–Trinajstić information content (AvgIpc) is 2.47. The molecule has 0 saturated carbocycles. The van der Waals surface area contributed by atoms with Crippen molar-refractivity contribution in [2.75, 3.05) is 5.32 Å². The summed E-state index contributed by atoms with van der Waals surface area (Å²) in [5.41, 5.74) is 3.65. The molecule has 0 fully saturated rings. The molecule has 0 spiro atoms. The van der Waals surface area contributed by atoms with Crippen LogP contribution < -0.4 is 10.1 Å². The van der Waals surface area contributed by atoms with Crippen LogP contribution in [0.15, 0.2) is 36.4 Å². The highest BCUT2D eigenvalue weighted by Crippen LogP contribution is 2.24. The Bertz CT molecular complexity index is 697. The molecule has 1 atom stereocenters. The van der Waals surface area contributed by atoms with Gasteiger partial charge in [0.05, 0.1) is 0 Å². The number of nitrogens with one attached hydrogen (secondary N) is 1. The van der Waals surface area contributed by atoms with Gasteiger partial charge in [0.15, 0.2) is 6.10 Å². The number of benzene rings is 2. The van der Waals surface area contributed by atoms with Crippen molar-refractivity contribution in [3.8, 4) is 5.75 Å². The predicted molar refractivity (Wildman–Crippen MR) is 90.8 cm³/mol. The van der Waals surface area contributed by atoms with Gasteiger partial charge in [-0.15, -0.1) is 0 Å². The van der Waals surface area contributed by atoms with Crippen LogP contribution in [0.4, 0.5) is 5.69 Å². The van der Waals surface area contributed by atoms with E-state index in [1.165, 1.54) is 0 Å². The van der Waals surface area contributed by atoms with Gasteiger partial charge in [0.25, 0.3) is 5.91 Å². The van der Waals surface area contributed by atoms with E-state index in [9.17, 15) is 4.79 Å². The molecule has 22 heavy (non-hydrogen) atoms. The van der Waals surface area contributed by atoms with Gasteiger partial charge in [0.2, 0.25) is 0 Å². The first-order valence-electron chi connectivity index (χ1n) is 7.18. The fourth-order valence-corrected chi connectivity index (χ4v) is 2.23. The standard InChI is InChI=1S/C18H20ClNO2/c1-11-8-9-12(2)17(10-11)22-14(4)18(21)20-16-7-5-6-15(19)13(16)3/h5-10,14H,1-4H3,(H,20,21)/t14-/m1/s1. The molecule has 4 heteroatoms. The number of amides is 1. The number of anilines is 1. The number of halogens is 1. The Hall–Kier alpha value is -2.00. The molecule has 2 aromatic rings. The lowest BCUT2D eigenvalue weighted by atomic mass is 10.1. The van der Waals surface area contributed by atoms with Crippen molar-refractivity contribution in [3.63, 3.8) is 0 Å². The Kier molecular flexibility index (Phi) is 5.09. The van der Waals surface area contributed by atoms with E-state index in [1.54, 1.807) is 19.1 Å². The minimum absolute atomic E-state index is 0.203. The van der Waals surface area contributed by atoms with Crippen molar-refractivity contribution in [3.05, 3.63) is 58.1 Å². The van der Waals surface area contributed by atoms with E-state index in [4.69, 9.17) is 16.3 Å². The van der Waals surface area contributed by atoms with Crippen LogP contribution in [0.5, 0.6) is 5.75 Å². The van der Waals surface area contributed by atoms with Crippen LogP contribution in [0.2, 0.25) is 5.02 Å². The molecule has 0 aliphatic heterocycles. The third kappa shape index (κ3) is 3.80. The Morgan fingerprint density at radius 3 is 2.64 bits per heavy atom. The summed E-state index contributed by atoms with van der Waals surface area (Å²) < 4.78 is 5.79. The number of hydrogen-bond donors (Lipinski definition) is 1. The fourth-order valence-electron chi connectivity index (χ4n) is 2.06. The largest absolute Gasteiger partial charge is 0.481 e. The van der Waals surface area contributed by atoms with Gasteiger partial charge in [-0.3, -0.25) is 4.79 Å². The van der Waals surface area contributed by atoms with Gasteiger partial charge < -0.3 is 10.1 Å². The fraction of sp³-hybridized carbons (Fsp3) is 0.278. The molecule has 1 amide bonds. The summed E-state index contributed by atoms with van der Waals surface area (Å²) in [5, 5.41) is 3.48. The maximum atomic E-state index is 12.3. The van der Waals surface area contributed by atoms with E-state index in [2.05, 4.69) is 5.32 Å². The summed E-state index contributed by atoms with van der Waals surface area (Å²) >= 11 is 6.06. The molecule has 0 unspecified atom stereocenters. The molecule has 116 valence electrons. The molecular weight excluding hydrogens is 298 g/mol. The maximum absolute atomic E-state index is 12.3. The number of carbonyl (C=O) groups excluding carboxylic acids is 1. The van der Waals surface area contributed by atoms with Crippen LogP contribution in [0.3, 0.4) is 0 Å². The summed E-state index contributed by atoms with van der Waals surface area (Å²) in [7, 11) is 0. The van der Waals surface area contributed by atoms with Gasteiger partial charge in [-0.2, -0.15) is 0 Å². The molecular formula is C18H20ClNO2. The maximum Gasteiger partial charge on any atom is 0.265 e. The highest BCUT2D eigenvalue weighted by atomic mass is 35.5. The minimum atomic E-state index is -0.598. The first-order valence-corrected chi connectivity index (χ1v) is 7.56. The SMILES string of the molecule is Cc1ccc(C)c(O[C@H](C)C(=O)Nc2cccc(Cl)c2C)c1. The van der Waals surface area contributed by atoms with E-state index in [0.717, 1.165) is 22.4 Å². The van der Waals surface area contributed by atoms with Crippen LogP contribution in [0.1, 0.15) is 23.6 Å². The normalized spacial score (nSPS) is 11.9. The Morgan fingerprint density at radius 1 is 1.18 bits per heavy atom. The second-order valence-electron chi connectivity index (χ2n) is 5.43. The topological polar surface area (TPSA) is 38.3 Å². The molecule has 2 rings (SSSR count). The van der Waals surface area contributed by atoms with Crippen LogP contribution in [0.25, 0.3) is 0 Å². The molecule has 0 aliphatic carbocycles. The lowest BCUT2D eigenvalue weighted by molar-refractivity contribution is -0.122. The van der Waals surface area contributed by atoms with E-state index in [-0.39, 0.29) is 5.91 Å². The van der Waals surface area contributed by atoms with Gasteiger partial charge >= 0.3 is 0 Å². The van der Waals surface area contributed by atoms with Crippen molar-refractivity contribution in [2.45, 2.75) is 33.8 Å². The number of ether oxygens (including phenoxy) is 1. The highest BCUT2D eigenvalue weighted by molar-refractivity contribution is 6.31. The first kappa shape index (κ1) is 16.4. The third-order valence-corrected chi connectivity index (χ3v) is 3.95. The number of rotatable bonds is 4. The summed E-state index contributed by atoms with van der Waals surface area (Å²) in [4.78, 5) is 12.3. The predicted octanol–water partition coefficient (Wildman–Crippen LogP) is 4.67. The second-order valence-corrected chi connectivity index (χ2v) is 5.84. The molecule has 0 saturated heterocycles. The molecule has 3 nitrogen and oxygen atoms in total. The zero-order chi connectivity index (χ0) is 16.3. The van der Waals surface area contributed by atoms with E-state index < -0.39 is 6.10 Å². The molecule has 0 bridgehead atoms. The monoisotopic (exact) mass is 317 g/mol. The first-order chi connectivity index (χ1) is 10.4. The van der Waals surface area contributed by atoms with Crippen molar-refractivity contribution in [2.24, 2.45) is 0 Å². The molecule has 0 radical (unpaired) electrons. The van der Waals surface area contributed by atoms with Gasteiger partial charge in [0, 0.05) is 10.7 Å². The lowest BCUT2D eigenvalue weighted by Crippen LogP contribution is -2.30. The lowest BCUT2D eigenvalue weighted by Gasteiger charge is -2.17. The Morgan fingerprint density at radius 2 is 1.91 bits per heavy atom. The Labute approximate surface area is 136 Å². The zero-order valence-electron chi connectivity index (χ0n) is 13.2. The molecule has 0 heterocycles. The van der Waals surface area contributed by atoms with Gasteiger partial charge in [-0.1, -0.05) is 29.8 Å². The molecule has 2 aromatic carbocycles. The van der Waals surface area contributed by atoms with E-state index >= 15 is 0 Å². The van der Waals surface area contributed by atoms with Gasteiger partial charge in [-0.05, 0) is 62.6 Å². The molecule has 0 aliphatic rings. The summed E-state index contributed by atoms with van der Waals surface area (Å²) in [6, 6.07) is 11.4. The van der Waals surface area contributed by atoms with Crippen LogP contribution in [-0.4, -0.2) is 12.0 Å². The third-order valence-electron chi connectivity index (χ3n) is 3.54. The molecule has 1 N–H and O–H groups in total. The van der Waals surface area contributed by atoms with Crippen molar-refractivity contribution in [1.29, 1.82) is 0 Å². The number of hydrogen-bond acceptors (Lipinski definition) is 2. The van der Waals surface area contributed by atoms with Gasteiger partial charge in [0.1, 0.15) is 5.75 Å². The smallest absolute Gasteiger partial charge is 0.265 e. The quantitative estimate of drug-likeness (QED) is 0.889. The van der Waals surface area contributed by atoms with E-state index in [1.807, 2.05) is 45.0 Å². The van der Waals surface area contributed by atoms with Crippen molar-refractivity contribution in [1.82, 2.24) is 0 Å². The summed E-state index contributed by atoms with van der Waals surface area (Å²) in [5.74, 6) is 0.525. The molecule has 0 aromatic heterocycles.